The number of nitrogens with two attached hydrogens (primary N) is 1. The van der Waals surface area contributed by atoms with E-state index in [0.717, 1.165) is 22.4 Å². The molecule has 5 nitrogen and oxygen atoms in total. The summed E-state index contributed by atoms with van der Waals surface area (Å²) in [5, 5.41) is 4.62. The van der Waals surface area contributed by atoms with E-state index >= 15 is 0 Å². The predicted octanol–water partition coefficient (Wildman–Crippen LogP) is 2.11. The highest BCUT2D eigenvalue weighted by molar-refractivity contribution is 7.91. The van der Waals surface area contributed by atoms with E-state index < -0.39 is 9.84 Å². The first-order chi connectivity index (χ1) is 9.89. The number of aryl methyl sites for hydroxylation is 1. The summed E-state index contributed by atoms with van der Waals surface area (Å²) in [5.74, 6) is 0.914. The van der Waals surface area contributed by atoms with Crippen molar-refractivity contribution in [2.45, 2.75) is 26.3 Å². The Balaban J connectivity index is 2.07. The third kappa shape index (κ3) is 2.44. The van der Waals surface area contributed by atoms with Crippen molar-refractivity contribution in [2.24, 2.45) is 0 Å². The highest BCUT2D eigenvalue weighted by Gasteiger charge is 2.32. The van der Waals surface area contributed by atoms with Crippen molar-refractivity contribution in [1.29, 1.82) is 0 Å². The summed E-state index contributed by atoms with van der Waals surface area (Å²) in [7, 11) is -2.95. The van der Waals surface area contributed by atoms with Gasteiger partial charge < -0.3 is 5.73 Å². The van der Waals surface area contributed by atoms with Gasteiger partial charge in [0.15, 0.2) is 9.84 Å². The van der Waals surface area contributed by atoms with Gasteiger partial charge in [-0.15, -0.1) is 0 Å². The molecule has 1 saturated heterocycles. The summed E-state index contributed by atoms with van der Waals surface area (Å²) < 4.78 is 25.0. The van der Waals surface area contributed by atoms with Gasteiger partial charge in [0.1, 0.15) is 5.82 Å². The molecule has 0 aliphatic carbocycles. The molecule has 1 aromatic carbocycles. The van der Waals surface area contributed by atoms with Crippen LogP contribution in [-0.4, -0.2) is 29.7 Å². The first-order valence-electron chi connectivity index (χ1n) is 7.00. The Morgan fingerprint density at radius 2 is 2.00 bits per heavy atom. The van der Waals surface area contributed by atoms with Crippen LogP contribution in [0.5, 0.6) is 0 Å². The molecule has 3 rings (SSSR count). The molecule has 2 N–H and O–H groups in total. The van der Waals surface area contributed by atoms with Gasteiger partial charge in [-0.25, -0.2) is 13.1 Å². The van der Waals surface area contributed by atoms with Crippen molar-refractivity contribution >= 4 is 15.7 Å². The molecule has 2 heterocycles. The number of rotatable bonds is 2. The average Bonchev–Trinajstić information content (AvgIpc) is 2.93. The zero-order valence-electron chi connectivity index (χ0n) is 12.2. The summed E-state index contributed by atoms with van der Waals surface area (Å²) in [4.78, 5) is 0. The number of hydrogen-bond acceptors (Lipinski definition) is 4. The van der Waals surface area contributed by atoms with Crippen molar-refractivity contribution in [3.63, 3.8) is 0 Å². The number of nitrogens with zero attached hydrogens (tertiary/aromatic N) is 2. The number of hydrogen-bond donors (Lipinski definition) is 1. The molecule has 1 aromatic heterocycles. The van der Waals surface area contributed by atoms with Crippen LogP contribution >= 0.6 is 0 Å². The Hall–Kier alpha value is -1.82. The van der Waals surface area contributed by atoms with Gasteiger partial charge in [-0.2, -0.15) is 5.10 Å². The van der Waals surface area contributed by atoms with Gasteiger partial charge in [0.2, 0.25) is 0 Å². The average molecular weight is 305 g/mol. The van der Waals surface area contributed by atoms with E-state index in [1.54, 1.807) is 4.68 Å². The van der Waals surface area contributed by atoms with Crippen LogP contribution < -0.4 is 5.73 Å². The van der Waals surface area contributed by atoms with Gasteiger partial charge in [0.05, 0.1) is 23.2 Å². The molecule has 1 unspecified atom stereocenters. The van der Waals surface area contributed by atoms with Crippen molar-refractivity contribution in [3.05, 3.63) is 35.4 Å². The normalized spacial score (nSPS) is 20.8. The molecule has 0 spiro atoms. The Morgan fingerprint density at radius 3 is 2.62 bits per heavy atom. The van der Waals surface area contributed by atoms with Gasteiger partial charge >= 0.3 is 0 Å². The minimum Gasteiger partial charge on any atom is -0.384 e. The molecular formula is C15H19N3O2S. The first-order valence-corrected chi connectivity index (χ1v) is 8.82. The van der Waals surface area contributed by atoms with Crippen LogP contribution in [-0.2, 0) is 9.84 Å². The summed E-state index contributed by atoms with van der Waals surface area (Å²) in [6.45, 7) is 3.97. The number of benzene rings is 1. The van der Waals surface area contributed by atoms with Crippen LogP contribution in [0.25, 0.3) is 11.3 Å². The molecular weight excluding hydrogens is 286 g/mol. The van der Waals surface area contributed by atoms with E-state index in [2.05, 4.69) is 5.10 Å². The quantitative estimate of drug-likeness (QED) is 0.921. The van der Waals surface area contributed by atoms with E-state index in [1.807, 2.05) is 38.1 Å². The van der Waals surface area contributed by atoms with E-state index in [-0.39, 0.29) is 17.5 Å². The lowest BCUT2D eigenvalue weighted by Gasteiger charge is -2.10. The fourth-order valence-corrected chi connectivity index (χ4v) is 4.56. The minimum atomic E-state index is -2.95. The maximum Gasteiger partial charge on any atom is 0.152 e. The van der Waals surface area contributed by atoms with Gasteiger partial charge in [-0.1, -0.05) is 24.3 Å². The SMILES string of the molecule is Cc1ccccc1-c1nn(C2CCS(=O)(=O)C2)c(N)c1C. The van der Waals surface area contributed by atoms with Crippen molar-refractivity contribution in [1.82, 2.24) is 9.78 Å². The third-order valence-electron chi connectivity index (χ3n) is 4.15. The van der Waals surface area contributed by atoms with Gasteiger partial charge in [0, 0.05) is 11.1 Å². The topological polar surface area (TPSA) is 78.0 Å². The van der Waals surface area contributed by atoms with Crippen LogP contribution in [0.3, 0.4) is 0 Å². The standard InChI is InChI=1S/C15H19N3O2S/c1-10-5-3-4-6-13(10)14-11(2)15(16)18(17-14)12-7-8-21(19,20)9-12/h3-6,12H,7-9,16H2,1-2H3. The third-order valence-corrected chi connectivity index (χ3v) is 5.90. The second kappa shape index (κ2) is 4.87. The van der Waals surface area contributed by atoms with Crippen molar-refractivity contribution < 1.29 is 8.42 Å². The van der Waals surface area contributed by atoms with E-state index in [1.165, 1.54) is 0 Å². The van der Waals surface area contributed by atoms with E-state index in [4.69, 9.17) is 5.73 Å². The fraction of sp³-hybridized carbons (Fsp3) is 0.400. The Bertz CT molecular complexity index is 793. The molecule has 112 valence electrons. The molecule has 1 atom stereocenters. The molecule has 0 bridgehead atoms. The molecule has 0 amide bonds. The second-order valence-corrected chi connectivity index (χ2v) is 7.90. The molecule has 1 aliphatic rings. The summed E-state index contributed by atoms with van der Waals surface area (Å²) in [5.41, 5.74) is 10.1. The number of aromatic nitrogens is 2. The van der Waals surface area contributed by atoms with Crippen molar-refractivity contribution in [3.8, 4) is 11.3 Å². The van der Waals surface area contributed by atoms with E-state index in [0.29, 0.717) is 12.2 Å². The molecule has 6 heteroatoms. The largest absolute Gasteiger partial charge is 0.384 e. The number of sulfone groups is 1. The fourth-order valence-electron chi connectivity index (χ4n) is 2.87. The molecule has 21 heavy (non-hydrogen) atoms. The Kier molecular flexibility index (Phi) is 3.28. The number of nitrogen functional groups attached to an aromatic ring is 1. The summed E-state index contributed by atoms with van der Waals surface area (Å²) in [6.07, 6.45) is 0.584. The van der Waals surface area contributed by atoms with Crippen LogP contribution in [0.4, 0.5) is 5.82 Å². The van der Waals surface area contributed by atoms with Gasteiger partial charge in [-0.05, 0) is 25.8 Å². The summed E-state index contributed by atoms with van der Waals surface area (Å²) >= 11 is 0. The highest BCUT2D eigenvalue weighted by atomic mass is 32.2. The molecule has 0 radical (unpaired) electrons. The monoisotopic (exact) mass is 305 g/mol. The summed E-state index contributed by atoms with van der Waals surface area (Å²) in [6, 6.07) is 7.85. The molecule has 0 saturated carbocycles. The zero-order chi connectivity index (χ0) is 15.2. The lowest BCUT2D eigenvalue weighted by Crippen LogP contribution is -2.14. The highest BCUT2D eigenvalue weighted by Crippen LogP contribution is 2.33. The van der Waals surface area contributed by atoms with Crippen LogP contribution in [0.1, 0.15) is 23.6 Å². The van der Waals surface area contributed by atoms with E-state index in [9.17, 15) is 8.42 Å². The number of anilines is 1. The maximum atomic E-state index is 11.7. The first kappa shape index (κ1) is 14.1. The van der Waals surface area contributed by atoms with Gasteiger partial charge in [0.25, 0.3) is 0 Å². The second-order valence-electron chi connectivity index (χ2n) is 5.68. The Morgan fingerprint density at radius 1 is 1.29 bits per heavy atom. The zero-order valence-corrected chi connectivity index (χ0v) is 13.0. The maximum absolute atomic E-state index is 11.7. The molecule has 1 fully saturated rings. The molecule has 2 aromatic rings. The Labute approximate surface area is 124 Å². The van der Waals surface area contributed by atoms with Crippen molar-refractivity contribution in [2.75, 3.05) is 17.2 Å². The lowest BCUT2D eigenvalue weighted by molar-refractivity contribution is 0.508. The smallest absolute Gasteiger partial charge is 0.152 e. The van der Waals surface area contributed by atoms with Crippen LogP contribution in [0.15, 0.2) is 24.3 Å². The predicted molar refractivity (Wildman–Crippen MR) is 83.9 cm³/mol. The van der Waals surface area contributed by atoms with Crippen LogP contribution in [0, 0.1) is 13.8 Å². The van der Waals surface area contributed by atoms with Gasteiger partial charge in [-0.3, -0.25) is 0 Å². The van der Waals surface area contributed by atoms with Crippen LogP contribution in [0.2, 0.25) is 0 Å². The lowest BCUT2D eigenvalue weighted by atomic mass is 10.0. The molecule has 1 aliphatic heterocycles. The minimum absolute atomic E-state index is 0.130.